The summed E-state index contributed by atoms with van der Waals surface area (Å²) in [7, 11) is 0. The average molecular weight is 274 g/mol. The number of benzene rings is 1. The molecule has 3 nitrogen and oxygen atoms in total. The standard InChI is InChI=1S/C17H26N2O/c1-12-6-5-7-14(10-12)19-17(15(18)20)9-8-16(3,4)11-13(17)2/h5-7,10,13,19H,8-9,11H2,1-4H3,(H2,18,20). The zero-order valence-corrected chi connectivity index (χ0v) is 13.0. The molecule has 0 spiro atoms. The summed E-state index contributed by atoms with van der Waals surface area (Å²) in [4.78, 5) is 12.1. The lowest BCUT2D eigenvalue weighted by atomic mass is 9.63. The second-order valence-corrected chi connectivity index (χ2v) is 7.10. The van der Waals surface area contributed by atoms with Crippen LogP contribution < -0.4 is 11.1 Å². The molecule has 0 heterocycles. The van der Waals surface area contributed by atoms with Gasteiger partial charge in [-0.25, -0.2) is 0 Å². The third-order valence-electron chi connectivity index (χ3n) is 4.72. The Kier molecular flexibility index (Phi) is 3.81. The molecular formula is C17H26N2O. The predicted octanol–water partition coefficient (Wildman–Crippen LogP) is 3.48. The Labute approximate surface area is 121 Å². The normalized spacial score (nSPS) is 28.9. The van der Waals surface area contributed by atoms with E-state index >= 15 is 0 Å². The van der Waals surface area contributed by atoms with E-state index in [1.807, 2.05) is 12.1 Å². The van der Waals surface area contributed by atoms with Gasteiger partial charge < -0.3 is 11.1 Å². The molecule has 2 atom stereocenters. The Morgan fingerprint density at radius 1 is 1.35 bits per heavy atom. The fourth-order valence-electron chi connectivity index (χ4n) is 3.48. The number of amides is 1. The maximum absolute atomic E-state index is 12.1. The number of nitrogens with one attached hydrogen (secondary N) is 1. The highest BCUT2D eigenvalue weighted by atomic mass is 16.1. The van der Waals surface area contributed by atoms with Crippen LogP contribution in [0.15, 0.2) is 24.3 Å². The first-order valence-corrected chi connectivity index (χ1v) is 7.40. The van der Waals surface area contributed by atoms with Gasteiger partial charge in [0.2, 0.25) is 5.91 Å². The van der Waals surface area contributed by atoms with Gasteiger partial charge in [-0.2, -0.15) is 0 Å². The van der Waals surface area contributed by atoms with Crippen LogP contribution in [-0.2, 0) is 4.79 Å². The predicted molar refractivity (Wildman–Crippen MR) is 83.5 cm³/mol. The molecule has 1 aromatic rings. The third kappa shape index (κ3) is 2.82. The van der Waals surface area contributed by atoms with Crippen LogP contribution in [0.2, 0.25) is 0 Å². The zero-order chi connectivity index (χ0) is 15.0. The van der Waals surface area contributed by atoms with E-state index in [4.69, 9.17) is 5.73 Å². The van der Waals surface area contributed by atoms with Crippen LogP contribution in [0.25, 0.3) is 0 Å². The van der Waals surface area contributed by atoms with Crippen LogP contribution >= 0.6 is 0 Å². The molecule has 0 aromatic heterocycles. The molecule has 0 saturated heterocycles. The lowest BCUT2D eigenvalue weighted by Gasteiger charge is -2.47. The van der Waals surface area contributed by atoms with Crippen molar-refractivity contribution in [1.29, 1.82) is 0 Å². The average Bonchev–Trinajstić information content (AvgIpc) is 2.32. The first-order valence-electron chi connectivity index (χ1n) is 7.40. The smallest absolute Gasteiger partial charge is 0.243 e. The molecule has 1 aliphatic rings. The molecule has 1 aromatic carbocycles. The monoisotopic (exact) mass is 274 g/mol. The molecule has 0 radical (unpaired) electrons. The van der Waals surface area contributed by atoms with Gasteiger partial charge in [0.25, 0.3) is 0 Å². The summed E-state index contributed by atoms with van der Waals surface area (Å²) >= 11 is 0. The van der Waals surface area contributed by atoms with Crippen molar-refractivity contribution in [2.75, 3.05) is 5.32 Å². The van der Waals surface area contributed by atoms with Gasteiger partial charge in [0.1, 0.15) is 5.54 Å². The Hall–Kier alpha value is -1.51. The van der Waals surface area contributed by atoms with Crippen molar-refractivity contribution in [3.8, 4) is 0 Å². The van der Waals surface area contributed by atoms with Gasteiger partial charge >= 0.3 is 0 Å². The summed E-state index contributed by atoms with van der Waals surface area (Å²) < 4.78 is 0. The highest BCUT2D eigenvalue weighted by molar-refractivity contribution is 5.88. The molecule has 20 heavy (non-hydrogen) atoms. The molecule has 0 aliphatic heterocycles. The zero-order valence-electron chi connectivity index (χ0n) is 13.0. The minimum absolute atomic E-state index is 0.226. The number of anilines is 1. The molecule has 1 fully saturated rings. The molecule has 1 aliphatic carbocycles. The summed E-state index contributed by atoms with van der Waals surface area (Å²) in [5.74, 6) is -0.00808. The maximum Gasteiger partial charge on any atom is 0.243 e. The molecule has 3 heteroatoms. The molecule has 3 N–H and O–H groups in total. The number of carbonyl (C=O) groups excluding carboxylic acids is 1. The Bertz CT molecular complexity index is 509. The van der Waals surface area contributed by atoms with Crippen molar-refractivity contribution >= 4 is 11.6 Å². The van der Waals surface area contributed by atoms with Crippen LogP contribution in [0.4, 0.5) is 5.69 Å². The van der Waals surface area contributed by atoms with Gasteiger partial charge in [0.15, 0.2) is 0 Å². The Balaban J connectivity index is 2.29. The highest BCUT2D eigenvalue weighted by Gasteiger charge is 2.48. The van der Waals surface area contributed by atoms with Gasteiger partial charge in [-0.1, -0.05) is 32.9 Å². The fraction of sp³-hybridized carbons (Fsp3) is 0.588. The lowest BCUT2D eigenvalue weighted by molar-refractivity contribution is -0.126. The number of hydrogen-bond acceptors (Lipinski definition) is 2. The highest BCUT2D eigenvalue weighted by Crippen LogP contribution is 2.45. The molecule has 110 valence electrons. The van der Waals surface area contributed by atoms with Gasteiger partial charge in [0, 0.05) is 5.69 Å². The van der Waals surface area contributed by atoms with Crippen molar-refractivity contribution < 1.29 is 4.79 Å². The number of aryl methyl sites for hydroxylation is 1. The van der Waals surface area contributed by atoms with Gasteiger partial charge in [-0.05, 0) is 55.2 Å². The Morgan fingerprint density at radius 2 is 2.05 bits per heavy atom. The van der Waals surface area contributed by atoms with E-state index in [1.54, 1.807) is 0 Å². The summed E-state index contributed by atoms with van der Waals surface area (Å²) in [6.07, 6.45) is 2.82. The van der Waals surface area contributed by atoms with Crippen LogP contribution in [0.1, 0.15) is 45.6 Å². The van der Waals surface area contributed by atoms with Gasteiger partial charge in [-0.15, -0.1) is 0 Å². The molecular weight excluding hydrogens is 248 g/mol. The van der Waals surface area contributed by atoms with E-state index in [0.717, 1.165) is 24.9 Å². The largest absolute Gasteiger partial charge is 0.371 e. The second-order valence-electron chi connectivity index (χ2n) is 7.10. The van der Waals surface area contributed by atoms with Crippen molar-refractivity contribution in [3.63, 3.8) is 0 Å². The molecule has 1 amide bonds. The van der Waals surface area contributed by atoms with Crippen molar-refractivity contribution in [3.05, 3.63) is 29.8 Å². The van der Waals surface area contributed by atoms with E-state index in [-0.39, 0.29) is 17.2 Å². The van der Waals surface area contributed by atoms with Crippen molar-refractivity contribution in [1.82, 2.24) is 0 Å². The molecule has 2 rings (SSSR count). The first-order chi connectivity index (χ1) is 9.25. The molecule has 2 unspecified atom stereocenters. The number of nitrogens with two attached hydrogens (primary N) is 1. The Morgan fingerprint density at radius 3 is 2.60 bits per heavy atom. The minimum Gasteiger partial charge on any atom is -0.371 e. The molecule has 1 saturated carbocycles. The first kappa shape index (κ1) is 14.9. The van der Waals surface area contributed by atoms with Crippen molar-refractivity contribution in [2.24, 2.45) is 17.1 Å². The number of carbonyl (C=O) groups is 1. The molecule has 0 bridgehead atoms. The topological polar surface area (TPSA) is 55.1 Å². The van der Waals surface area contributed by atoms with E-state index in [0.29, 0.717) is 0 Å². The van der Waals surface area contributed by atoms with Gasteiger partial charge in [-0.3, -0.25) is 4.79 Å². The van der Waals surface area contributed by atoms with E-state index in [9.17, 15) is 4.79 Å². The number of hydrogen-bond donors (Lipinski definition) is 2. The van der Waals surface area contributed by atoms with Gasteiger partial charge in [0.05, 0.1) is 0 Å². The van der Waals surface area contributed by atoms with E-state index in [1.165, 1.54) is 5.56 Å². The summed E-state index contributed by atoms with van der Waals surface area (Å²) in [6, 6.07) is 8.13. The minimum atomic E-state index is -0.622. The maximum atomic E-state index is 12.1. The van der Waals surface area contributed by atoms with E-state index in [2.05, 4.69) is 45.1 Å². The quantitative estimate of drug-likeness (QED) is 0.886. The van der Waals surface area contributed by atoms with Crippen LogP contribution in [0, 0.1) is 18.3 Å². The summed E-state index contributed by atoms with van der Waals surface area (Å²) in [5.41, 5.74) is 7.59. The SMILES string of the molecule is Cc1cccc(NC2(C(N)=O)CCC(C)(C)CC2C)c1. The van der Waals surface area contributed by atoms with Crippen LogP contribution in [0.5, 0.6) is 0 Å². The van der Waals surface area contributed by atoms with Crippen molar-refractivity contribution in [2.45, 2.75) is 52.5 Å². The summed E-state index contributed by atoms with van der Waals surface area (Å²) in [5, 5.41) is 3.45. The third-order valence-corrected chi connectivity index (χ3v) is 4.72. The van der Waals surface area contributed by atoms with Crippen LogP contribution in [0.3, 0.4) is 0 Å². The van der Waals surface area contributed by atoms with Crippen LogP contribution in [-0.4, -0.2) is 11.4 Å². The van der Waals surface area contributed by atoms with E-state index < -0.39 is 5.54 Å². The lowest BCUT2D eigenvalue weighted by Crippen LogP contribution is -2.58. The summed E-state index contributed by atoms with van der Waals surface area (Å²) in [6.45, 7) is 8.71. The number of primary amides is 1. The number of rotatable bonds is 3. The second kappa shape index (κ2) is 5.12. The fourth-order valence-corrected chi connectivity index (χ4v) is 3.48.